The minimum absolute atomic E-state index is 0.221. The predicted molar refractivity (Wildman–Crippen MR) is 78.9 cm³/mol. The second kappa shape index (κ2) is 6.78. The predicted octanol–water partition coefficient (Wildman–Crippen LogP) is 2.75. The maximum absolute atomic E-state index is 13.5. The molecule has 2 rings (SSSR count). The number of hydrogen-bond acceptors (Lipinski definition) is 4. The van der Waals surface area contributed by atoms with Gasteiger partial charge in [-0.15, -0.1) is 0 Å². The van der Waals surface area contributed by atoms with E-state index in [0.29, 0.717) is 18.0 Å². The third-order valence-electron chi connectivity index (χ3n) is 2.71. The molecule has 0 aliphatic heterocycles. The zero-order valence-corrected chi connectivity index (χ0v) is 11.9. The summed E-state index contributed by atoms with van der Waals surface area (Å²) in [6, 6.07) is 6.24. The summed E-state index contributed by atoms with van der Waals surface area (Å²) in [5, 5.41) is 5.54. The van der Waals surface area contributed by atoms with E-state index in [-0.39, 0.29) is 23.4 Å². The first-order valence-corrected chi connectivity index (χ1v) is 6.68. The highest BCUT2D eigenvalue weighted by Crippen LogP contribution is 2.16. The fraction of sp³-hybridized carbons (Fsp3) is 0.267. The van der Waals surface area contributed by atoms with E-state index in [1.807, 2.05) is 13.8 Å². The van der Waals surface area contributed by atoms with Gasteiger partial charge in [0.1, 0.15) is 5.82 Å². The van der Waals surface area contributed by atoms with Crippen molar-refractivity contribution in [2.75, 3.05) is 11.9 Å². The molecule has 0 saturated heterocycles. The minimum Gasteiger partial charge on any atom is -0.352 e. The molecule has 6 heteroatoms. The molecule has 1 aromatic heterocycles. The quantitative estimate of drug-likeness (QED) is 0.887. The average Bonchev–Trinajstić information content (AvgIpc) is 2.48. The number of aromatic nitrogens is 2. The Morgan fingerprint density at radius 3 is 2.52 bits per heavy atom. The molecular formula is C15H17FN4O. The fourth-order valence-electron chi connectivity index (χ4n) is 1.59. The number of carbonyl (C=O) groups is 1. The lowest BCUT2D eigenvalue weighted by Gasteiger charge is -2.08. The van der Waals surface area contributed by atoms with Crippen molar-refractivity contribution in [2.45, 2.75) is 13.8 Å². The number of benzene rings is 1. The summed E-state index contributed by atoms with van der Waals surface area (Å²) in [6.45, 7) is 4.62. The Labute approximate surface area is 122 Å². The van der Waals surface area contributed by atoms with Gasteiger partial charge in [-0.05, 0) is 18.1 Å². The Hall–Kier alpha value is -2.50. The number of nitrogens with one attached hydrogen (secondary N) is 2. The zero-order chi connectivity index (χ0) is 15.2. The van der Waals surface area contributed by atoms with E-state index < -0.39 is 0 Å². The first-order chi connectivity index (χ1) is 10.1. The number of nitrogens with zero attached hydrogens (tertiary/aromatic N) is 2. The van der Waals surface area contributed by atoms with Crippen molar-refractivity contribution in [3.8, 4) is 0 Å². The lowest BCUT2D eigenvalue weighted by molar-refractivity contribution is 0.0948. The van der Waals surface area contributed by atoms with Gasteiger partial charge in [0.05, 0.1) is 11.3 Å². The normalized spacial score (nSPS) is 10.5. The van der Waals surface area contributed by atoms with Gasteiger partial charge in [0.2, 0.25) is 5.95 Å². The molecule has 5 nitrogen and oxygen atoms in total. The van der Waals surface area contributed by atoms with Crippen molar-refractivity contribution in [2.24, 2.45) is 5.92 Å². The number of halogens is 1. The third kappa shape index (κ3) is 4.24. The van der Waals surface area contributed by atoms with Gasteiger partial charge in [-0.25, -0.2) is 14.4 Å². The van der Waals surface area contributed by atoms with Crippen LogP contribution in [-0.4, -0.2) is 22.4 Å². The van der Waals surface area contributed by atoms with Crippen molar-refractivity contribution in [3.63, 3.8) is 0 Å². The Morgan fingerprint density at radius 1 is 1.24 bits per heavy atom. The molecule has 0 radical (unpaired) electrons. The zero-order valence-electron chi connectivity index (χ0n) is 11.9. The van der Waals surface area contributed by atoms with Crippen molar-refractivity contribution in [1.29, 1.82) is 0 Å². The van der Waals surface area contributed by atoms with Gasteiger partial charge in [0.15, 0.2) is 0 Å². The van der Waals surface area contributed by atoms with E-state index in [2.05, 4.69) is 20.6 Å². The van der Waals surface area contributed by atoms with Crippen LogP contribution in [0.1, 0.15) is 24.2 Å². The van der Waals surface area contributed by atoms with E-state index in [0.717, 1.165) is 0 Å². The maximum Gasteiger partial charge on any atom is 0.254 e. The molecule has 0 atom stereocenters. The molecule has 1 aromatic carbocycles. The summed E-state index contributed by atoms with van der Waals surface area (Å²) in [6.07, 6.45) is 2.82. The van der Waals surface area contributed by atoms with Gasteiger partial charge in [0, 0.05) is 18.9 Å². The van der Waals surface area contributed by atoms with E-state index >= 15 is 0 Å². The van der Waals surface area contributed by atoms with E-state index in [9.17, 15) is 9.18 Å². The van der Waals surface area contributed by atoms with Gasteiger partial charge in [-0.2, -0.15) is 0 Å². The van der Waals surface area contributed by atoms with E-state index in [1.165, 1.54) is 18.5 Å². The number of hydrogen-bond donors (Lipinski definition) is 2. The Balaban J connectivity index is 2.02. The highest BCUT2D eigenvalue weighted by Gasteiger charge is 2.08. The summed E-state index contributed by atoms with van der Waals surface area (Å²) < 4.78 is 13.5. The standard InChI is InChI=1S/C15H17FN4O/c1-10(2)7-17-14(21)11-8-18-15(19-9-11)20-13-6-4-3-5-12(13)16/h3-6,8-10H,7H2,1-2H3,(H,17,21)(H,18,19,20). The van der Waals surface area contributed by atoms with Crippen molar-refractivity contribution in [1.82, 2.24) is 15.3 Å². The van der Waals surface area contributed by atoms with Crippen LogP contribution in [0, 0.1) is 11.7 Å². The summed E-state index contributed by atoms with van der Waals surface area (Å²) in [5.74, 6) is -0.00151. The molecule has 2 N–H and O–H groups in total. The molecule has 1 amide bonds. The molecule has 0 aliphatic rings. The smallest absolute Gasteiger partial charge is 0.254 e. The van der Waals surface area contributed by atoms with E-state index in [4.69, 9.17) is 0 Å². The Morgan fingerprint density at radius 2 is 1.90 bits per heavy atom. The van der Waals surface area contributed by atoms with Gasteiger partial charge in [-0.1, -0.05) is 26.0 Å². The van der Waals surface area contributed by atoms with Crippen LogP contribution in [-0.2, 0) is 0 Å². The molecule has 1 heterocycles. The number of para-hydroxylation sites is 1. The SMILES string of the molecule is CC(C)CNC(=O)c1cnc(Nc2ccccc2F)nc1. The molecule has 110 valence electrons. The number of anilines is 2. The molecule has 0 bridgehead atoms. The molecule has 0 unspecified atom stereocenters. The van der Waals surface area contributed by atoms with Crippen LogP contribution in [0.3, 0.4) is 0 Å². The topological polar surface area (TPSA) is 66.9 Å². The van der Waals surface area contributed by atoms with E-state index in [1.54, 1.807) is 18.2 Å². The highest BCUT2D eigenvalue weighted by atomic mass is 19.1. The average molecular weight is 288 g/mol. The van der Waals surface area contributed by atoms with Crippen molar-refractivity contribution >= 4 is 17.5 Å². The Bertz CT molecular complexity index is 613. The lowest BCUT2D eigenvalue weighted by Crippen LogP contribution is -2.27. The molecule has 0 aliphatic carbocycles. The first-order valence-electron chi connectivity index (χ1n) is 6.68. The third-order valence-corrected chi connectivity index (χ3v) is 2.71. The monoisotopic (exact) mass is 288 g/mol. The Kier molecular flexibility index (Phi) is 4.81. The molecule has 21 heavy (non-hydrogen) atoms. The number of amides is 1. The summed E-state index contributed by atoms with van der Waals surface area (Å²) in [5.41, 5.74) is 0.657. The molecule has 2 aromatic rings. The highest BCUT2D eigenvalue weighted by molar-refractivity contribution is 5.93. The summed E-state index contributed by atoms with van der Waals surface area (Å²) >= 11 is 0. The first kappa shape index (κ1) is 14.9. The van der Waals surface area contributed by atoms with Crippen LogP contribution in [0.5, 0.6) is 0 Å². The van der Waals surface area contributed by atoms with Crippen molar-refractivity contribution < 1.29 is 9.18 Å². The lowest BCUT2D eigenvalue weighted by atomic mass is 10.2. The van der Waals surface area contributed by atoms with Crippen LogP contribution in [0.25, 0.3) is 0 Å². The van der Waals surface area contributed by atoms with Gasteiger partial charge >= 0.3 is 0 Å². The van der Waals surface area contributed by atoms with Gasteiger partial charge < -0.3 is 10.6 Å². The second-order valence-electron chi connectivity index (χ2n) is 5.00. The summed E-state index contributed by atoms with van der Waals surface area (Å²) in [4.78, 5) is 19.8. The second-order valence-corrected chi connectivity index (χ2v) is 5.00. The molecule has 0 saturated carbocycles. The van der Waals surface area contributed by atoms with Crippen LogP contribution in [0.2, 0.25) is 0 Å². The van der Waals surface area contributed by atoms with Gasteiger partial charge in [0.25, 0.3) is 5.91 Å². The molecule has 0 spiro atoms. The van der Waals surface area contributed by atoms with Crippen LogP contribution >= 0.6 is 0 Å². The van der Waals surface area contributed by atoms with Crippen LogP contribution < -0.4 is 10.6 Å². The number of carbonyl (C=O) groups excluding carboxylic acids is 1. The van der Waals surface area contributed by atoms with Crippen LogP contribution in [0.15, 0.2) is 36.7 Å². The number of rotatable bonds is 5. The van der Waals surface area contributed by atoms with Crippen molar-refractivity contribution in [3.05, 3.63) is 48.0 Å². The van der Waals surface area contributed by atoms with Crippen LogP contribution in [0.4, 0.5) is 16.0 Å². The fourth-order valence-corrected chi connectivity index (χ4v) is 1.59. The molecular weight excluding hydrogens is 271 g/mol. The minimum atomic E-state index is -0.389. The largest absolute Gasteiger partial charge is 0.352 e. The summed E-state index contributed by atoms with van der Waals surface area (Å²) in [7, 11) is 0. The molecule has 0 fully saturated rings. The van der Waals surface area contributed by atoms with Gasteiger partial charge in [-0.3, -0.25) is 4.79 Å². The maximum atomic E-state index is 13.5.